The molecule has 1 saturated carbocycles. The van der Waals surface area contributed by atoms with Crippen LogP contribution in [0.1, 0.15) is 86.8 Å². The molecular weight excluding hydrogens is 528 g/mol. The third kappa shape index (κ3) is 9.67. The number of ether oxygens (including phenoxy) is 3. The van der Waals surface area contributed by atoms with Crippen molar-refractivity contribution < 1.29 is 28.9 Å². The van der Waals surface area contributed by atoms with Crippen molar-refractivity contribution in [2.24, 2.45) is 5.92 Å². The van der Waals surface area contributed by atoms with E-state index in [1.807, 2.05) is 19.1 Å². The minimum Gasteiger partial charge on any atom is -0.461 e. The van der Waals surface area contributed by atoms with Gasteiger partial charge >= 0.3 is 11.9 Å². The lowest BCUT2D eigenvalue weighted by atomic mass is 9.77. The van der Waals surface area contributed by atoms with Gasteiger partial charge in [0.2, 0.25) is 0 Å². The van der Waals surface area contributed by atoms with Gasteiger partial charge in [-0.15, -0.1) is 0 Å². The summed E-state index contributed by atoms with van der Waals surface area (Å²) >= 11 is 0. The van der Waals surface area contributed by atoms with Crippen LogP contribution < -0.4 is 0 Å². The fourth-order valence-corrected chi connectivity index (χ4v) is 5.81. The summed E-state index contributed by atoms with van der Waals surface area (Å²) in [6, 6.07) is 15.1. The molecule has 1 atom stereocenters. The van der Waals surface area contributed by atoms with Crippen molar-refractivity contribution in [3.8, 4) is 11.1 Å². The van der Waals surface area contributed by atoms with Gasteiger partial charge in [-0.25, -0.2) is 9.59 Å². The Bertz CT molecular complexity index is 1190. The number of methoxy groups -OCH3 is 1. The molecule has 1 N–H and O–H groups in total. The van der Waals surface area contributed by atoms with Crippen LogP contribution in [0.15, 0.2) is 66.8 Å². The maximum atomic E-state index is 12.3. The molecule has 0 amide bonds. The number of unbranched alkanes of at least 4 members (excludes halogenated alkanes) is 2. The monoisotopic (exact) mass is 576 g/mol. The minimum absolute atomic E-state index is 0.00379. The molecule has 0 heterocycles. The molecule has 0 spiro atoms. The Kier molecular flexibility index (Phi) is 13.5. The van der Waals surface area contributed by atoms with E-state index < -0.39 is 24.5 Å². The van der Waals surface area contributed by atoms with E-state index in [-0.39, 0.29) is 31.0 Å². The van der Waals surface area contributed by atoms with E-state index >= 15 is 0 Å². The van der Waals surface area contributed by atoms with Gasteiger partial charge in [-0.3, -0.25) is 0 Å². The number of carbonyl (C=O) groups is 2. The molecule has 0 radical (unpaired) electrons. The van der Waals surface area contributed by atoms with Crippen LogP contribution in [0.2, 0.25) is 0 Å². The van der Waals surface area contributed by atoms with Crippen LogP contribution in [-0.2, 0) is 23.8 Å². The average Bonchev–Trinajstić information content (AvgIpc) is 3.01. The number of hydrogen-bond acceptors (Lipinski definition) is 6. The highest BCUT2D eigenvalue weighted by molar-refractivity contribution is 5.88. The van der Waals surface area contributed by atoms with Gasteiger partial charge in [0, 0.05) is 7.11 Å². The Hall–Kier alpha value is -3.22. The van der Waals surface area contributed by atoms with Crippen molar-refractivity contribution in [1.29, 1.82) is 0 Å². The molecule has 1 fully saturated rings. The Morgan fingerprint density at radius 1 is 0.905 bits per heavy atom. The molecule has 228 valence electrons. The molecule has 1 aliphatic carbocycles. The number of aliphatic hydroxyl groups is 1. The molecular formula is C36H48O6. The smallest absolute Gasteiger partial charge is 0.335 e. The van der Waals surface area contributed by atoms with Crippen LogP contribution in [-0.4, -0.2) is 50.6 Å². The lowest BCUT2D eigenvalue weighted by Crippen LogP contribution is -2.22. The maximum Gasteiger partial charge on any atom is 0.335 e. The summed E-state index contributed by atoms with van der Waals surface area (Å²) in [6.45, 7) is 11.0. The first kappa shape index (κ1) is 33.3. The van der Waals surface area contributed by atoms with Crippen molar-refractivity contribution in [3.05, 3.63) is 83.5 Å². The van der Waals surface area contributed by atoms with Crippen LogP contribution in [0.4, 0.5) is 0 Å². The third-order valence-electron chi connectivity index (χ3n) is 8.41. The van der Waals surface area contributed by atoms with Crippen LogP contribution in [0.5, 0.6) is 0 Å². The number of carbonyl (C=O) groups excluding carboxylic acids is 2. The summed E-state index contributed by atoms with van der Waals surface area (Å²) in [6.07, 6.45) is 10.7. The quantitative estimate of drug-likeness (QED) is 0.127. The minimum atomic E-state index is -0.683. The number of benzene rings is 2. The highest BCUT2D eigenvalue weighted by atomic mass is 16.5. The Morgan fingerprint density at radius 2 is 1.52 bits per heavy atom. The Balaban J connectivity index is 1.68. The van der Waals surface area contributed by atoms with Crippen LogP contribution in [0, 0.1) is 12.8 Å². The number of rotatable bonds is 16. The molecule has 1 aliphatic rings. The van der Waals surface area contributed by atoms with Crippen molar-refractivity contribution in [3.63, 3.8) is 0 Å². The van der Waals surface area contributed by atoms with Gasteiger partial charge in [-0.1, -0.05) is 88.2 Å². The topological polar surface area (TPSA) is 82.1 Å². The predicted octanol–water partition coefficient (Wildman–Crippen LogP) is 7.44. The molecule has 1 unspecified atom stereocenters. The van der Waals surface area contributed by atoms with Crippen LogP contribution >= 0.6 is 0 Å². The van der Waals surface area contributed by atoms with E-state index in [4.69, 9.17) is 14.2 Å². The van der Waals surface area contributed by atoms with Gasteiger partial charge in [0.25, 0.3) is 0 Å². The summed E-state index contributed by atoms with van der Waals surface area (Å²) in [4.78, 5) is 24.5. The molecule has 6 nitrogen and oxygen atoms in total. The maximum absolute atomic E-state index is 12.3. The van der Waals surface area contributed by atoms with Crippen LogP contribution in [0.25, 0.3) is 11.1 Å². The molecule has 0 bridgehead atoms. The third-order valence-corrected chi connectivity index (χ3v) is 8.41. The summed E-state index contributed by atoms with van der Waals surface area (Å²) in [7, 11) is 1.48. The Labute approximate surface area is 251 Å². The second-order valence-electron chi connectivity index (χ2n) is 11.6. The zero-order chi connectivity index (χ0) is 30.5. The van der Waals surface area contributed by atoms with Gasteiger partial charge in [0.15, 0.2) is 0 Å². The predicted molar refractivity (Wildman–Crippen MR) is 167 cm³/mol. The SMILES string of the molecule is C=C(CO)C(=O)OCC(COC(=O)C(=C)COC)c1ccc(-c2ccc(C3CCC(CCCCC)CC3)cc2)cc1C. The second kappa shape index (κ2) is 17.0. The van der Waals surface area contributed by atoms with Gasteiger partial charge in [0.05, 0.1) is 30.3 Å². The Morgan fingerprint density at radius 3 is 2.10 bits per heavy atom. The number of esters is 2. The van der Waals surface area contributed by atoms with Gasteiger partial charge in [0.1, 0.15) is 13.2 Å². The fourth-order valence-electron chi connectivity index (χ4n) is 5.81. The van der Waals surface area contributed by atoms with Crippen molar-refractivity contribution in [2.75, 3.05) is 33.5 Å². The molecule has 2 aromatic rings. The van der Waals surface area contributed by atoms with Gasteiger partial charge in [-0.05, 0) is 72.3 Å². The first-order valence-corrected chi connectivity index (χ1v) is 15.3. The lowest BCUT2D eigenvalue weighted by Gasteiger charge is -2.29. The second-order valence-corrected chi connectivity index (χ2v) is 11.6. The normalized spacial score (nSPS) is 17.3. The number of aryl methyl sites for hydroxylation is 1. The average molecular weight is 577 g/mol. The molecule has 0 aliphatic heterocycles. The van der Waals surface area contributed by atoms with Gasteiger partial charge in [-0.2, -0.15) is 0 Å². The van der Waals surface area contributed by atoms with Gasteiger partial charge < -0.3 is 19.3 Å². The zero-order valence-electron chi connectivity index (χ0n) is 25.7. The highest BCUT2D eigenvalue weighted by Crippen LogP contribution is 2.38. The lowest BCUT2D eigenvalue weighted by molar-refractivity contribution is -0.143. The van der Waals surface area contributed by atoms with E-state index in [2.05, 4.69) is 50.4 Å². The molecule has 0 aromatic heterocycles. The van der Waals surface area contributed by atoms with Crippen LogP contribution in [0.3, 0.4) is 0 Å². The standard InChI is InChI=1S/C36H48O6/c1-6-7-8-9-28-10-12-29(13-11-28)30-14-16-31(17-15-30)32-18-19-34(25(2)20-32)33(23-41-35(38)26(3)21-37)24-42-36(39)27(4)22-40-5/h14-20,28-29,33,37H,3-4,6-13,21-24H2,1-2,5H3. The molecule has 0 saturated heterocycles. The summed E-state index contributed by atoms with van der Waals surface area (Å²) in [5.74, 6) is -0.0988. The number of aliphatic hydroxyl groups excluding tert-OH is 1. The summed E-state index contributed by atoms with van der Waals surface area (Å²) in [5.41, 5.74) is 5.74. The van der Waals surface area contributed by atoms with Crippen molar-refractivity contribution in [2.45, 2.75) is 77.0 Å². The largest absolute Gasteiger partial charge is 0.461 e. The number of hydrogen-bond donors (Lipinski definition) is 1. The van der Waals surface area contributed by atoms with E-state index in [9.17, 15) is 14.7 Å². The first-order valence-electron chi connectivity index (χ1n) is 15.3. The molecule has 2 aromatic carbocycles. The van der Waals surface area contributed by atoms with E-state index in [0.717, 1.165) is 28.2 Å². The fraction of sp³-hybridized carbons (Fsp3) is 0.500. The highest BCUT2D eigenvalue weighted by Gasteiger charge is 2.23. The molecule has 42 heavy (non-hydrogen) atoms. The summed E-state index contributed by atoms with van der Waals surface area (Å²) < 4.78 is 15.8. The van der Waals surface area contributed by atoms with E-state index in [1.54, 1.807) is 0 Å². The van der Waals surface area contributed by atoms with Crippen molar-refractivity contribution >= 4 is 11.9 Å². The molecule has 6 heteroatoms. The zero-order valence-corrected chi connectivity index (χ0v) is 25.7. The van der Waals surface area contributed by atoms with Crippen molar-refractivity contribution in [1.82, 2.24) is 0 Å². The van der Waals surface area contributed by atoms with E-state index in [0.29, 0.717) is 5.92 Å². The van der Waals surface area contributed by atoms with E-state index in [1.165, 1.54) is 64.0 Å². The summed E-state index contributed by atoms with van der Waals surface area (Å²) in [5, 5.41) is 9.20. The first-order chi connectivity index (χ1) is 20.3. The molecule has 3 rings (SSSR count).